The molecule has 1 aliphatic heterocycles. The van der Waals surface area contributed by atoms with Crippen molar-refractivity contribution in [2.45, 2.75) is 51.4 Å². The van der Waals surface area contributed by atoms with Crippen LogP contribution in [0.15, 0.2) is 77.2 Å². The van der Waals surface area contributed by atoms with Crippen LogP contribution in [-0.2, 0) is 0 Å². The van der Waals surface area contributed by atoms with Crippen LogP contribution in [-0.4, -0.2) is 27.8 Å². The molecular weight excluding hydrogens is 394 g/mol. The molecule has 1 fully saturated rings. The summed E-state index contributed by atoms with van der Waals surface area (Å²) in [6.07, 6.45) is 9.78. The van der Waals surface area contributed by atoms with Crippen LogP contribution in [0.4, 0.5) is 0 Å². The minimum absolute atomic E-state index is 0.0541. The summed E-state index contributed by atoms with van der Waals surface area (Å²) in [5.74, 6) is 0.383. The first kappa shape index (κ1) is 20.9. The van der Waals surface area contributed by atoms with Gasteiger partial charge in [-0.3, -0.25) is 9.89 Å². The molecule has 4 heteroatoms. The van der Waals surface area contributed by atoms with E-state index in [1.165, 1.54) is 36.9 Å². The second kappa shape index (κ2) is 9.23. The van der Waals surface area contributed by atoms with Gasteiger partial charge in [-0.1, -0.05) is 54.6 Å². The number of aromatic nitrogens is 2. The summed E-state index contributed by atoms with van der Waals surface area (Å²) >= 11 is 0. The smallest absolute Gasteiger partial charge is 0.275 e. The monoisotopic (exact) mass is 427 g/mol. The summed E-state index contributed by atoms with van der Waals surface area (Å²) in [7, 11) is 0. The fourth-order valence-electron chi connectivity index (χ4n) is 5.69. The highest BCUT2D eigenvalue weighted by Crippen LogP contribution is 2.43. The van der Waals surface area contributed by atoms with E-state index in [1.54, 1.807) is 4.68 Å². The van der Waals surface area contributed by atoms with Gasteiger partial charge in [0.1, 0.15) is 0 Å². The van der Waals surface area contributed by atoms with E-state index in [1.807, 2.05) is 30.3 Å². The number of nitrogens with one attached hydrogen (secondary N) is 1. The second-order valence-corrected chi connectivity index (χ2v) is 9.23. The first-order valence-electron chi connectivity index (χ1n) is 12.1. The van der Waals surface area contributed by atoms with E-state index in [0.29, 0.717) is 5.92 Å². The molecule has 32 heavy (non-hydrogen) atoms. The standard InChI is InChI=1S/C28H33N3O/c1-21-26(28(32)31(29-21)23-15-7-3-8-16-23)27(22-13-5-2-6-14-22)24-17-9-10-18-25(24)30-19-11-4-12-20-30/h2-3,5-8,13-16,18,24,27,29H,4,9-12,17,19-20H2,1H3. The van der Waals surface area contributed by atoms with E-state index < -0.39 is 0 Å². The number of H-pyrrole nitrogens is 1. The molecule has 2 aliphatic rings. The molecule has 2 atom stereocenters. The van der Waals surface area contributed by atoms with E-state index >= 15 is 0 Å². The van der Waals surface area contributed by atoms with Crippen molar-refractivity contribution >= 4 is 0 Å². The average molecular weight is 428 g/mol. The summed E-state index contributed by atoms with van der Waals surface area (Å²) in [6.45, 7) is 4.34. The predicted molar refractivity (Wildman–Crippen MR) is 130 cm³/mol. The van der Waals surface area contributed by atoms with Gasteiger partial charge >= 0.3 is 0 Å². The molecule has 0 bridgehead atoms. The van der Waals surface area contributed by atoms with Crippen molar-refractivity contribution in [3.63, 3.8) is 0 Å². The van der Waals surface area contributed by atoms with Crippen LogP contribution in [0, 0.1) is 12.8 Å². The lowest BCUT2D eigenvalue weighted by atomic mass is 9.74. The van der Waals surface area contributed by atoms with Gasteiger partial charge in [0.05, 0.1) is 5.69 Å². The normalized spacial score (nSPS) is 20.1. The van der Waals surface area contributed by atoms with Crippen LogP contribution >= 0.6 is 0 Å². The number of nitrogens with zero attached hydrogens (tertiary/aromatic N) is 2. The van der Waals surface area contributed by atoms with Crippen LogP contribution in [0.1, 0.15) is 61.3 Å². The summed E-state index contributed by atoms with van der Waals surface area (Å²) in [4.78, 5) is 16.4. The molecule has 4 nitrogen and oxygen atoms in total. The zero-order valence-electron chi connectivity index (χ0n) is 19.0. The summed E-state index contributed by atoms with van der Waals surface area (Å²) in [5.41, 5.74) is 5.55. The number of hydrogen-bond acceptors (Lipinski definition) is 2. The van der Waals surface area contributed by atoms with Gasteiger partial charge < -0.3 is 4.90 Å². The van der Waals surface area contributed by atoms with E-state index in [-0.39, 0.29) is 11.5 Å². The number of likely N-dealkylation sites (tertiary alicyclic amines) is 1. The van der Waals surface area contributed by atoms with Crippen LogP contribution in [0.3, 0.4) is 0 Å². The molecule has 1 aliphatic carbocycles. The lowest BCUT2D eigenvalue weighted by Crippen LogP contribution is -2.36. The maximum absolute atomic E-state index is 13.8. The minimum Gasteiger partial charge on any atom is -0.375 e. The van der Waals surface area contributed by atoms with Crippen LogP contribution < -0.4 is 5.56 Å². The molecule has 2 aromatic carbocycles. The zero-order chi connectivity index (χ0) is 21.9. The Morgan fingerprint density at radius 2 is 1.59 bits per heavy atom. The van der Waals surface area contributed by atoms with E-state index in [0.717, 1.165) is 42.9 Å². The molecule has 2 unspecified atom stereocenters. The number of rotatable bonds is 5. The Bertz CT molecular complexity index is 1120. The molecule has 0 amide bonds. The molecule has 1 aromatic heterocycles. The Kier molecular flexibility index (Phi) is 6.02. The number of aromatic amines is 1. The maximum atomic E-state index is 13.8. The van der Waals surface area contributed by atoms with Gasteiger partial charge in [0, 0.05) is 41.9 Å². The molecule has 0 radical (unpaired) electrons. The number of hydrogen-bond donors (Lipinski definition) is 1. The molecular formula is C28H33N3O. The highest BCUT2D eigenvalue weighted by atomic mass is 16.1. The molecule has 5 rings (SSSR count). The summed E-state index contributed by atoms with van der Waals surface area (Å²) in [5, 5.41) is 3.38. The van der Waals surface area contributed by atoms with Gasteiger partial charge in [-0.25, -0.2) is 4.68 Å². The third-order valence-electron chi connectivity index (χ3n) is 7.18. The first-order valence-corrected chi connectivity index (χ1v) is 12.1. The van der Waals surface area contributed by atoms with Crippen molar-refractivity contribution in [3.05, 3.63) is 99.6 Å². The Morgan fingerprint density at radius 1 is 0.906 bits per heavy atom. The number of allylic oxidation sites excluding steroid dienone is 2. The van der Waals surface area contributed by atoms with Crippen molar-refractivity contribution in [1.82, 2.24) is 14.7 Å². The number of benzene rings is 2. The average Bonchev–Trinajstić information content (AvgIpc) is 3.15. The minimum atomic E-state index is 0.0541. The molecule has 1 N–H and O–H groups in total. The van der Waals surface area contributed by atoms with Crippen LogP contribution in [0.25, 0.3) is 5.69 Å². The molecule has 0 saturated carbocycles. The van der Waals surface area contributed by atoms with Gasteiger partial charge in [-0.2, -0.15) is 0 Å². The SMILES string of the molecule is Cc1[nH]n(-c2ccccc2)c(=O)c1C(c1ccccc1)C1CCCC=C1N1CCCCC1. The fraction of sp³-hybridized carbons (Fsp3) is 0.393. The maximum Gasteiger partial charge on any atom is 0.275 e. The number of piperidine rings is 1. The Balaban J connectivity index is 1.63. The van der Waals surface area contributed by atoms with E-state index in [4.69, 9.17) is 0 Å². The van der Waals surface area contributed by atoms with Gasteiger partial charge in [0.2, 0.25) is 0 Å². The highest BCUT2D eigenvalue weighted by Gasteiger charge is 2.35. The predicted octanol–water partition coefficient (Wildman–Crippen LogP) is 5.78. The molecule has 166 valence electrons. The largest absolute Gasteiger partial charge is 0.375 e. The van der Waals surface area contributed by atoms with Crippen molar-refractivity contribution in [3.8, 4) is 5.69 Å². The lowest BCUT2D eigenvalue weighted by Gasteiger charge is -2.40. The zero-order valence-corrected chi connectivity index (χ0v) is 19.0. The van der Waals surface area contributed by atoms with Crippen molar-refractivity contribution in [1.29, 1.82) is 0 Å². The highest BCUT2D eigenvalue weighted by molar-refractivity contribution is 5.40. The molecule has 3 aromatic rings. The fourth-order valence-corrected chi connectivity index (χ4v) is 5.69. The lowest BCUT2D eigenvalue weighted by molar-refractivity contribution is 0.234. The van der Waals surface area contributed by atoms with Crippen molar-refractivity contribution in [2.75, 3.05) is 13.1 Å². The summed E-state index contributed by atoms with van der Waals surface area (Å²) < 4.78 is 1.72. The van der Waals surface area contributed by atoms with Crippen molar-refractivity contribution < 1.29 is 0 Å². The second-order valence-electron chi connectivity index (χ2n) is 9.23. The topological polar surface area (TPSA) is 41.0 Å². The third kappa shape index (κ3) is 3.94. The van der Waals surface area contributed by atoms with Gasteiger partial charge in [-0.15, -0.1) is 0 Å². The third-order valence-corrected chi connectivity index (χ3v) is 7.18. The molecule has 1 saturated heterocycles. The first-order chi connectivity index (χ1) is 15.7. The molecule has 2 heterocycles. The van der Waals surface area contributed by atoms with E-state index in [2.05, 4.69) is 53.3 Å². The van der Waals surface area contributed by atoms with Crippen LogP contribution in [0.2, 0.25) is 0 Å². The Labute approximate surface area is 190 Å². The van der Waals surface area contributed by atoms with Gasteiger partial charge in [0.15, 0.2) is 0 Å². The Morgan fingerprint density at radius 3 is 2.31 bits per heavy atom. The number of aryl methyl sites for hydroxylation is 1. The van der Waals surface area contributed by atoms with E-state index in [9.17, 15) is 4.79 Å². The van der Waals surface area contributed by atoms with Gasteiger partial charge in [-0.05, 0) is 63.1 Å². The van der Waals surface area contributed by atoms with Crippen molar-refractivity contribution in [2.24, 2.45) is 5.92 Å². The Hall–Kier alpha value is -3.01. The molecule has 0 spiro atoms. The van der Waals surface area contributed by atoms with Gasteiger partial charge in [0.25, 0.3) is 5.56 Å². The van der Waals surface area contributed by atoms with Crippen LogP contribution in [0.5, 0.6) is 0 Å². The quantitative estimate of drug-likeness (QED) is 0.561. The number of para-hydroxylation sites is 1. The summed E-state index contributed by atoms with van der Waals surface area (Å²) in [6, 6.07) is 20.6.